The summed E-state index contributed by atoms with van der Waals surface area (Å²) in [6.45, 7) is 2.27. The molecular weight excluding hydrogens is 216 g/mol. The molecule has 16 heavy (non-hydrogen) atoms. The van der Waals surface area contributed by atoms with Gasteiger partial charge in [-0.25, -0.2) is 0 Å². The lowest BCUT2D eigenvalue weighted by Gasteiger charge is -2.03. The van der Waals surface area contributed by atoms with Gasteiger partial charge in [-0.05, 0) is 18.6 Å². The molecule has 1 nitrogen and oxygen atoms in total. The Hall–Kier alpha value is -0.110. The number of thiocarbonyl (C=S) groups is 1. The minimum atomic E-state index is 0.763. The van der Waals surface area contributed by atoms with Crippen LogP contribution in [0.4, 0.5) is 0 Å². The number of unbranched alkanes of at least 4 members (excludes halogenated alkanes) is 9. The standard InChI is InChI=1S/C14H28OS/c1-3-4-5-6-7-8-9-10-11-12-13-14(16)15-2/h3-13H2,1-2H3. The summed E-state index contributed by atoms with van der Waals surface area (Å²) < 4.78 is 4.96. The van der Waals surface area contributed by atoms with Gasteiger partial charge in [0, 0.05) is 6.42 Å². The molecule has 2 heteroatoms. The maximum Gasteiger partial charge on any atom is 0.159 e. The zero-order chi connectivity index (χ0) is 12.1. The molecule has 0 N–H and O–H groups in total. The number of rotatable bonds is 11. The fraction of sp³-hybridized carbons (Fsp3) is 0.929. The maximum absolute atomic E-state index is 4.99. The first-order valence-electron chi connectivity index (χ1n) is 6.88. The molecule has 0 radical (unpaired) electrons. The average Bonchev–Trinajstić information content (AvgIpc) is 2.31. The van der Waals surface area contributed by atoms with Gasteiger partial charge in [0.15, 0.2) is 5.05 Å². The lowest BCUT2D eigenvalue weighted by atomic mass is 10.1. The second kappa shape index (κ2) is 13.0. The van der Waals surface area contributed by atoms with Gasteiger partial charge in [0.25, 0.3) is 0 Å². The van der Waals surface area contributed by atoms with Crippen LogP contribution in [-0.4, -0.2) is 12.2 Å². The second-order valence-corrected chi connectivity index (χ2v) is 4.96. The molecule has 96 valence electrons. The van der Waals surface area contributed by atoms with Gasteiger partial charge in [0.05, 0.1) is 7.11 Å². The second-order valence-electron chi connectivity index (χ2n) is 4.51. The Bertz CT molecular complexity index is 157. The highest BCUT2D eigenvalue weighted by molar-refractivity contribution is 7.80. The molecule has 0 aromatic rings. The smallest absolute Gasteiger partial charge is 0.159 e. The van der Waals surface area contributed by atoms with E-state index in [1.165, 1.54) is 64.2 Å². The third-order valence-electron chi connectivity index (χ3n) is 2.96. The first-order valence-corrected chi connectivity index (χ1v) is 7.29. The summed E-state index contributed by atoms with van der Waals surface area (Å²) in [6, 6.07) is 0. The molecule has 0 atom stereocenters. The number of ether oxygens (including phenoxy) is 1. The van der Waals surface area contributed by atoms with Crippen molar-refractivity contribution in [2.45, 2.75) is 77.6 Å². The molecule has 0 aliphatic carbocycles. The van der Waals surface area contributed by atoms with Gasteiger partial charge in [-0.1, -0.05) is 64.7 Å². The van der Waals surface area contributed by atoms with Crippen molar-refractivity contribution >= 4 is 17.3 Å². The normalized spacial score (nSPS) is 10.4. The quantitative estimate of drug-likeness (QED) is 0.361. The van der Waals surface area contributed by atoms with Crippen molar-refractivity contribution in [3.8, 4) is 0 Å². The molecule has 0 saturated heterocycles. The summed E-state index contributed by atoms with van der Waals surface area (Å²) in [5, 5.41) is 0.763. The lowest BCUT2D eigenvalue weighted by molar-refractivity contribution is 0.399. The Balaban J connectivity index is 2.96. The Labute approximate surface area is 107 Å². The zero-order valence-electron chi connectivity index (χ0n) is 11.1. The molecule has 0 heterocycles. The Morgan fingerprint density at radius 1 is 0.812 bits per heavy atom. The Morgan fingerprint density at radius 3 is 1.69 bits per heavy atom. The van der Waals surface area contributed by atoms with Crippen LogP contribution in [-0.2, 0) is 4.74 Å². The van der Waals surface area contributed by atoms with Crippen molar-refractivity contribution in [3.05, 3.63) is 0 Å². The summed E-state index contributed by atoms with van der Waals surface area (Å²) in [7, 11) is 1.67. The summed E-state index contributed by atoms with van der Waals surface area (Å²) >= 11 is 4.99. The minimum Gasteiger partial charge on any atom is -0.490 e. The molecule has 0 aromatic carbocycles. The fourth-order valence-corrected chi connectivity index (χ4v) is 2.00. The van der Waals surface area contributed by atoms with Crippen molar-refractivity contribution in [1.29, 1.82) is 0 Å². The monoisotopic (exact) mass is 244 g/mol. The summed E-state index contributed by atoms with van der Waals surface area (Å²) in [6.07, 6.45) is 14.7. The van der Waals surface area contributed by atoms with E-state index in [2.05, 4.69) is 6.92 Å². The fourth-order valence-electron chi connectivity index (χ4n) is 1.86. The third kappa shape index (κ3) is 12.0. The van der Waals surface area contributed by atoms with Crippen molar-refractivity contribution in [1.82, 2.24) is 0 Å². The molecule has 0 aliphatic rings. The van der Waals surface area contributed by atoms with Crippen molar-refractivity contribution < 1.29 is 4.74 Å². The predicted molar refractivity (Wildman–Crippen MR) is 76.1 cm³/mol. The highest BCUT2D eigenvalue weighted by atomic mass is 32.1. The SMILES string of the molecule is CCCCCCCCCCCCC(=S)OC. The van der Waals surface area contributed by atoms with Crippen molar-refractivity contribution in [2.24, 2.45) is 0 Å². The van der Waals surface area contributed by atoms with E-state index in [-0.39, 0.29) is 0 Å². The minimum absolute atomic E-state index is 0.763. The zero-order valence-corrected chi connectivity index (χ0v) is 11.9. The van der Waals surface area contributed by atoms with Crippen LogP contribution in [0.5, 0.6) is 0 Å². The van der Waals surface area contributed by atoms with E-state index in [9.17, 15) is 0 Å². The van der Waals surface area contributed by atoms with Crippen molar-refractivity contribution in [3.63, 3.8) is 0 Å². The molecule has 0 spiro atoms. The van der Waals surface area contributed by atoms with E-state index >= 15 is 0 Å². The largest absolute Gasteiger partial charge is 0.490 e. The first kappa shape index (κ1) is 15.9. The highest BCUT2D eigenvalue weighted by Crippen LogP contribution is 2.11. The van der Waals surface area contributed by atoms with Gasteiger partial charge in [0.2, 0.25) is 0 Å². The maximum atomic E-state index is 4.99. The van der Waals surface area contributed by atoms with E-state index in [1.807, 2.05) is 0 Å². The molecule has 0 fully saturated rings. The molecule has 0 rings (SSSR count). The number of hydrogen-bond donors (Lipinski definition) is 0. The first-order chi connectivity index (χ1) is 7.81. The lowest BCUT2D eigenvalue weighted by Crippen LogP contribution is -1.96. The molecule has 0 amide bonds. The Kier molecular flexibility index (Phi) is 12.9. The van der Waals surface area contributed by atoms with Gasteiger partial charge in [-0.2, -0.15) is 0 Å². The van der Waals surface area contributed by atoms with Crippen LogP contribution in [0.25, 0.3) is 0 Å². The Morgan fingerprint density at radius 2 is 1.25 bits per heavy atom. The van der Waals surface area contributed by atoms with Crippen LogP contribution in [0.3, 0.4) is 0 Å². The van der Waals surface area contributed by atoms with E-state index < -0.39 is 0 Å². The summed E-state index contributed by atoms with van der Waals surface area (Å²) in [4.78, 5) is 0. The van der Waals surface area contributed by atoms with Gasteiger partial charge in [-0.3, -0.25) is 0 Å². The van der Waals surface area contributed by atoms with Crippen LogP contribution in [0, 0.1) is 0 Å². The van der Waals surface area contributed by atoms with E-state index in [1.54, 1.807) is 7.11 Å². The molecule has 0 saturated carbocycles. The van der Waals surface area contributed by atoms with E-state index in [0.29, 0.717) is 0 Å². The molecule has 0 aromatic heterocycles. The highest BCUT2D eigenvalue weighted by Gasteiger charge is 1.95. The predicted octanol–water partition coefficient (Wildman–Crippen LogP) is 5.27. The van der Waals surface area contributed by atoms with Crippen LogP contribution < -0.4 is 0 Å². The van der Waals surface area contributed by atoms with Gasteiger partial charge < -0.3 is 4.74 Å². The van der Waals surface area contributed by atoms with Crippen LogP contribution in [0.2, 0.25) is 0 Å². The summed E-state index contributed by atoms with van der Waals surface area (Å²) in [5.41, 5.74) is 0. The molecular formula is C14H28OS. The van der Waals surface area contributed by atoms with Crippen LogP contribution in [0.15, 0.2) is 0 Å². The van der Waals surface area contributed by atoms with Gasteiger partial charge in [0.1, 0.15) is 0 Å². The summed E-state index contributed by atoms with van der Waals surface area (Å²) in [5.74, 6) is 0. The van der Waals surface area contributed by atoms with Crippen LogP contribution >= 0.6 is 12.2 Å². The van der Waals surface area contributed by atoms with E-state index in [4.69, 9.17) is 17.0 Å². The average molecular weight is 244 g/mol. The number of hydrogen-bond acceptors (Lipinski definition) is 2. The number of methoxy groups -OCH3 is 1. The van der Waals surface area contributed by atoms with Crippen molar-refractivity contribution in [2.75, 3.05) is 7.11 Å². The third-order valence-corrected chi connectivity index (χ3v) is 3.33. The molecule has 0 bridgehead atoms. The van der Waals surface area contributed by atoms with Crippen LogP contribution in [0.1, 0.15) is 77.6 Å². The molecule has 0 aliphatic heterocycles. The molecule has 0 unspecified atom stereocenters. The van der Waals surface area contributed by atoms with E-state index in [0.717, 1.165) is 11.5 Å². The topological polar surface area (TPSA) is 9.23 Å². The van der Waals surface area contributed by atoms with Gasteiger partial charge >= 0.3 is 0 Å². The van der Waals surface area contributed by atoms with Gasteiger partial charge in [-0.15, -0.1) is 0 Å².